The van der Waals surface area contributed by atoms with Gasteiger partial charge in [0.25, 0.3) is 5.91 Å². The number of benzene rings is 2. The third-order valence-corrected chi connectivity index (χ3v) is 5.93. The lowest BCUT2D eigenvalue weighted by atomic mass is 10.0. The number of hydrogen-bond donors (Lipinski definition) is 2. The summed E-state index contributed by atoms with van der Waals surface area (Å²) in [6.07, 6.45) is -6.06. The van der Waals surface area contributed by atoms with E-state index in [2.05, 4.69) is 5.32 Å². The van der Waals surface area contributed by atoms with Gasteiger partial charge in [0.05, 0.1) is 13.2 Å². The first-order valence-electron chi connectivity index (χ1n) is 13.9. The van der Waals surface area contributed by atoms with Gasteiger partial charge in [-0.2, -0.15) is 0 Å². The highest BCUT2D eigenvalue weighted by molar-refractivity contribution is 6.06. The Kier molecular flexibility index (Phi) is 4.58. The van der Waals surface area contributed by atoms with E-state index in [0.29, 0.717) is 37.6 Å². The summed E-state index contributed by atoms with van der Waals surface area (Å²) in [6.45, 7) is -0.577. The molecule has 2 saturated heterocycles. The maximum absolute atomic E-state index is 14.8. The second-order valence-electron chi connectivity index (χ2n) is 8.13. The predicted molar refractivity (Wildman–Crippen MR) is 122 cm³/mol. The van der Waals surface area contributed by atoms with Gasteiger partial charge in [-0.05, 0) is 36.2 Å². The van der Waals surface area contributed by atoms with Crippen molar-refractivity contribution in [1.29, 1.82) is 0 Å². The number of anilines is 1. The van der Waals surface area contributed by atoms with Crippen molar-refractivity contribution in [3.8, 4) is 0 Å². The van der Waals surface area contributed by atoms with Crippen LogP contribution in [0.2, 0.25) is 0 Å². The number of imide groups is 1. The third kappa shape index (κ3) is 4.53. The minimum atomic E-state index is -3.06. The normalized spacial score (nSPS) is 26.9. The summed E-state index contributed by atoms with van der Waals surface area (Å²) in [5.74, 6) is -3.79. The zero-order valence-electron chi connectivity index (χ0n) is 24.2. The van der Waals surface area contributed by atoms with Gasteiger partial charge >= 0.3 is 0 Å². The van der Waals surface area contributed by atoms with Crippen molar-refractivity contribution < 1.29 is 31.7 Å². The molecule has 2 aromatic rings. The molecule has 2 N–H and O–H groups in total. The number of nitrogens with zero attached hydrogens (tertiary/aromatic N) is 2. The molecule has 34 heavy (non-hydrogen) atoms. The molecule has 0 radical (unpaired) electrons. The van der Waals surface area contributed by atoms with Gasteiger partial charge in [0.15, 0.2) is 0 Å². The van der Waals surface area contributed by atoms with E-state index in [-0.39, 0.29) is 29.8 Å². The number of fused-ring (bicyclic) bond motifs is 1. The quantitative estimate of drug-likeness (QED) is 0.626. The van der Waals surface area contributed by atoms with E-state index in [1.54, 1.807) is 17.0 Å². The Bertz CT molecular complexity index is 1390. The molecular weight excluding hydrogens is 439 g/mol. The molecule has 0 aliphatic carbocycles. The Morgan fingerprint density at radius 3 is 2.85 bits per heavy atom. The van der Waals surface area contributed by atoms with Crippen molar-refractivity contribution in [3.63, 3.8) is 0 Å². The number of ether oxygens (including phenoxy) is 1. The molecule has 3 amide bonds. The van der Waals surface area contributed by atoms with Crippen molar-refractivity contribution in [1.82, 2.24) is 15.1 Å². The highest BCUT2D eigenvalue weighted by Gasteiger charge is 2.39. The highest BCUT2D eigenvalue weighted by Crippen LogP contribution is 2.32. The first-order valence-corrected chi connectivity index (χ1v) is 10.9. The Morgan fingerprint density at radius 2 is 2.03 bits per heavy atom. The van der Waals surface area contributed by atoms with Gasteiger partial charge in [0, 0.05) is 69.7 Å². The van der Waals surface area contributed by atoms with Crippen molar-refractivity contribution in [2.45, 2.75) is 38.4 Å². The Balaban J connectivity index is 1.38. The molecule has 2 fully saturated rings. The highest BCUT2D eigenvalue weighted by atomic mass is 19.1. The summed E-state index contributed by atoms with van der Waals surface area (Å²) in [5.41, 5.74) is 1.42. The molecule has 3 aliphatic heterocycles. The van der Waals surface area contributed by atoms with Crippen molar-refractivity contribution in [2.24, 2.45) is 0 Å². The van der Waals surface area contributed by atoms with Crippen LogP contribution in [0, 0.1) is 5.82 Å². The van der Waals surface area contributed by atoms with Crippen molar-refractivity contribution >= 4 is 23.4 Å². The molecule has 0 bridgehead atoms. The molecule has 5 rings (SSSR count). The summed E-state index contributed by atoms with van der Waals surface area (Å²) in [4.78, 5) is 40.3. The monoisotopic (exact) mass is 472 g/mol. The summed E-state index contributed by atoms with van der Waals surface area (Å²) in [6, 6.07) is 6.81. The number of nitrogens with one attached hydrogen (secondary N) is 2. The largest absolute Gasteiger partial charge is 0.381 e. The lowest BCUT2D eigenvalue weighted by molar-refractivity contribution is -0.136. The van der Waals surface area contributed by atoms with Gasteiger partial charge < -0.3 is 15.0 Å². The minimum absolute atomic E-state index is 0.0642. The molecule has 3 aliphatic rings. The summed E-state index contributed by atoms with van der Waals surface area (Å²) >= 11 is 0. The number of carbonyl (C=O) groups excluding carboxylic acids is 3. The predicted octanol–water partition coefficient (Wildman–Crippen LogP) is 2.03. The maximum Gasteiger partial charge on any atom is 0.255 e. The van der Waals surface area contributed by atoms with Gasteiger partial charge in [-0.1, -0.05) is 12.1 Å². The zero-order chi connectivity index (χ0) is 29.0. The average Bonchev–Trinajstić information content (AvgIpc) is 3.24. The fraction of sp³-hybridized carbons (Fsp3) is 0.400. The third-order valence-electron chi connectivity index (χ3n) is 5.93. The Labute approximate surface area is 205 Å². The van der Waals surface area contributed by atoms with Crippen LogP contribution in [0.4, 0.5) is 10.1 Å². The first kappa shape index (κ1) is 16.3. The SMILES string of the molecule is [2H]C([2H])(c1ccc(F)c(CNc2cccc3c2CN(C2C(=O)NC(=O)C([2H])([2H])C2([2H])[2H])C3=O)c1)N1CCOCC1. The van der Waals surface area contributed by atoms with Gasteiger partial charge in [-0.3, -0.25) is 24.6 Å². The molecule has 1 unspecified atom stereocenters. The summed E-state index contributed by atoms with van der Waals surface area (Å²) in [7, 11) is 0. The fourth-order valence-corrected chi connectivity index (χ4v) is 4.19. The lowest BCUT2D eigenvalue weighted by Gasteiger charge is -2.29. The fourth-order valence-electron chi connectivity index (χ4n) is 4.19. The van der Waals surface area contributed by atoms with E-state index in [1.807, 2.05) is 5.32 Å². The summed E-state index contributed by atoms with van der Waals surface area (Å²) < 4.78 is 69.6. The molecule has 2 aromatic carbocycles. The lowest BCUT2D eigenvalue weighted by Crippen LogP contribution is -2.52. The van der Waals surface area contributed by atoms with E-state index < -0.39 is 48.8 Å². The van der Waals surface area contributed by atoms with Crippen LogP contribution in [0.15, 0.2) is 36.4 Å². The van der Waals surface area contributed by atoms with Crippen LogP contribution in [-0.2, 0) is 33.9 Å². The van der Waals surface area contributed by atoms with Crippen LogP contribution >= 0.6 is 0 Å². The minimum Gasteiger partial charge on any atom is -0.381 e. The molecular formula is C25H27FN4O4. The maximum atomic E-state index is 14.8. The van der Waals surface area contributed by atoms with Gasteiger partial charge in [-0.25, -0.2) is 4.39 Å². The molecule has 3 heterocycles. The number of hydrogen-bond acceptors (Lipinski definition) is 6. The molecule has 0 spiro atoms. The molecule has 0 saturated carbocycles. The molecule has 9 heteroatoms. The first-order chi connectivity index (χ1) is 18.8. The van der Waals surface area contributed by atoms with Crippen LogP contribution in [0.3, 0.4) is 0 Å². The number of morpholine rings is 1. The molecule has 8 nitrogen and oxygen atoms in total. The van der Waals surface area contributed by atoms with Crippen LogP contribution in [0.1, 0.15) is 48.0 Å². The molecule has 1 atom stereocenters. The molecule has 178 valence electrons. The Hall–Kier alpha value is -3.30. The van der Waals surface area contributed by atoms with E-state index in [0.717, 1.165) is 4.90 Å². The number of rotatable bonds is 6. The smallest absolute Gasteiger partial charge is 0.255 e. The van der Waals surface area contributed by atoms with Crippen LogP contribution in [0.25, 0.3) is 0 Å². The van der Waals surface area contributed by atoms with Gasteiger partial charge in [-0.15, -0.1) is 0 Å². The van der Waals surface area contributed by atoms with Gasteiger partial charge in [0.2, 0.25) is 11.8 Å². The number of carbonyl (C=O) groups is 3. The second-order valence-corrected chi connectivity index (χ2v) is 8.13. The van der Waals surface area contributed by atoms with E-state index in [9.17, 15) is 18.8 Å². The molecule has 0 aromatic heterocycles. The zero-order valence-corrected chi connectivity index (χ0v) is 18.2. The number of amides is 3. The van der Waals surface area contributed by atoms with E-state index >= 15 is 0 Å². The number of halogens is 1. The second kappa shape index (κ2) is 9.52. The average molecular weight is 473 g/mol. The van der Waals surface area contributed by atoms with E-state index in [4.69, 9.17) is 13.0 Å². The summed E-state index contributed by atoms with van der Waals surface area (Å²) in [5, 5.41) is 4.89. The Morgan fingerprint density at radius 1 is 1.21 bits per heavy atom. The van der Waals surface area contributed by atoms with Crippen LogP contribution in [-0.4, -0.2) is 59.9 Å². The van der Waals surface area contributed by atoms with E-state index in [1.165, 1.54) is 24.3 Å². The number of piperidine rings is 1. The standard InChI is InChI=1S/C25H27FN4O4/c26-20-5-4-16(14-29-8-10-34-11-9-29)12-17(20)13-27-21-3-1-2-18-19(21)15-30(25(18)33)22-6-7-23(31)28-24(22)32/h1-5,12,22,27H,6-11,13-15H2,(H,28,31,32)/i6D2,7D2,14D2. The van der Waals surface area contributed by atoms with Crippen molar-refractivity contribution in [3.05, 3.63) is 64.5 Å². The van der Waals surface area contributed by atoms with Crippen molar-refractivity contribution in [2.75, 3.05) is 31.6 Å². The van der Waals surface area contributed by atoms with Crippen LogP contribution in [0.5, 0.6) is 0 Å². The van der Waals surface area contributed by atoms with Crippen LogP contribution < -0.4 is 10.6 Å². The van der Waals surface area contributed by atoms with Gasteiger partial charge in [0.1, 0.15) is 11.9 Å². The topological polar surface area (TPSA) is 91.0 Å².